The Balaban J connectivity index is 2.21. The zero-order chi connectivity index (χ0) is 11.6. The molecular weight excluding hydrogens is 205 g/mol. The number of hydrogen-bond acceptors (Lipinski definition) is 3. The summed E-state index contributed by atoms with van der Waals surface area (Å²) in [5.74, 6) is 0.0642. The Morgan fingerprint density at radius 3 is 2.69 bits per heavy atom. The molecule has 1 N–H and O–H groups in total. The highest BCUT2D eigenvalue weighted by atomic mass is 19.1. The summed E-state index contributed by atoms with van der Waals surface area (Å²) < 4.78 is 13.9. The van der Waals surface area contributed by atoms with E-state index >= 15 is 0 Å². The molecular formula is C12H18FN3. The Hall–Kier alpha value is -1.19. The van der Waals surface area contributed by atoms with Crippen molar-refractivity contribution in [1.82, 2.24) is 9.97 Å². The standard InChI is InChI=1S/C12H18FN3/c1-3-9-10(13)11(15-8-14-9)16-12(2)6-4-5-7-12/h8H,3-7H2,1-2H3,(H,14,15,16). The van der Waals surface area contributed by atoms with Crippen molar-refractivity contribution in [3.05, 3.63) is 17.8 Å². The third-order valence-electron chi connectivity index (χ3n) is 3.32. The molecule has 1 aliphatic rings. The van der Waals surface area contributed by atoms with Gasteiger partial charge in [-0.15, -0.1) is 0 Å². The van der Waals surface area contributed by atoms with E-state index in [2.05, 4.69) is 22.2 Å². The molecule has 0 unspecified atom stereocenters. The smallest absolute Gasteiger partial charge is 0.186 e. The molecule has 0 bridgehead atoms. The van der Waals surface area contributed by atoms with Gasteiger partial charge in [-0.3, -0.25) is 0 Å². The maximum absolute atomic E-state index is 13.9. The van der Waals surface area contributed by atoms with E-state index in [1.165, 1.54) is 19.2 Å². The zero-order valence-corrected chi connectivity index (χ0v) is 9.89. The fourth-order valence-corrected chi connectivity index (χ4v) is 2.31. The third-order valence-corrected chi connectivity index (χ3v) is 3.32. The Kier molecular flexibility index (Phi) is 3.08. The molecule has 1 aromatic rings. The Bertz CT molecular complexity index is 373. The fourth-order valence-electron chi connectivity index (χ4n) is 2.31. The van der Waals surface area contributed by atoms with E-state index in [9.17, 15) is 4.39 Å². The number of anilines is 1. The molecule has 0 amide bonds. The Morgan fingerprint density at radius 1 is 1.38 bits per heavy atom. The highest BCUT2D eigenvalue weighted by Gasteiger charge is 2.29. The van der Waals surface area contributed by atoms with Crippen molar-refractivity contribution >= 4 is 5.82 Å². The van der Waals surface area contributed by atoms with Crippen LogP contribution in [0.4, 0.5) is 10.2 Å². The molecule has 3 nitrogen and oxygen atoms in total. The van der Waals surface area contributed by atoms with Gasteiger partial charge in [0.2, 0.25) is 0 Å². The molecule has 0 aromatic carbocycles. The maximum atomic E-state index is 13.9. The van der Waals surface area contributed by atoms with Gasteiger partial charge in [-0.2, -0.15) is 0 Å². The topological polar surface area (TPSA) is 37.8 Å². The maximum Gasteiger partial charge on any atom is 0.186 e. The van der Waals surface area contributed by atoms with Crippen LogP contribution in [0.2, 0.25) is 0 Å². The number of nitrogens with zero attached hydrogens (tertiary/aromatic N) is 2. The summed E-state index contributed by atoms with van der Waals surface area (Å²) in [6, 6.07) is 0. The molecule has 0 aliphatic heterocycles. The van der Waals surface area contributed by atoms with Crippen molar-refractivity contribution < 1.29 is 4.39 Å². The van der Waals surface area contributed by atoms with Crippen molar-refractivity contribution in [2.24, 2.45) is 0 Å². The normalized spacial score (nSPS) is 18.7. The van der Waals surface area contributed by atoms with Crippen molar-refractivity contribution in [3.8, 4) is 0 Å². The number of hydrogen-bond donors (Lipinski definition) is 1. The van der Waals surface area contributed by atoms with Gasteiger partial charge in [0.05, 0.1) is 5.69 Å². The number of halogens is 1. The molecule has 0 radical (unpaired) electrons. The lowest BCUT2D eigenvalue weighted by Gasteiger charge is -2.26. The molecule has 4 heteroatoms. The van der Waals surface area contributed by atoms with Gasteiger partial charge in [0.15, 0.2) is 11.6 Å². The number of aromatic nitrogens is 2. The second-order valence-electron chi connectivity index (χ2n) is 4.73. The molecule has 16 heavy (non-hydrogen) atoms. The Labute approximate surface area is 95.5 Å². The number of nitrogens with one attached hydrogen (secondary N) is 1. The predicted octanol–water partition coefficient (Wildman–Crippen LogP) is 2.92. The summed E-state index contributed by atoms with van der Waals surface area (Å²) in [5.41, 5.74) is 0.485. The molecule has 0 spiro atoms. The van der Waals surface area contributed by atoms with Gasteiger partial charge in [0, 0.05) is 5.54 Å². The molecule has 1 heterocycles. The first kappa shape index (κ1) is 11.3. The van der Waals surface area contributed by atoms with Gasteiger partial charge in [-0.05, 0) is 26.2 Å². The van der Waals surface area contributed by atoms with Crippen LogP contribution in [0.1, 0.15) is 45.2 Å². The number of rotatable bonds is 3. The van der Waals surface area contributed by atoms with Crippen molar-refractivity contribution in [2.75, 3.05) is 5.32 Å². The molecule has 1 aromatic heterocycles. The molecule has 2 rings (SSSR count). The van der Waals surface area contributed by atoms with Crippen LogP contribution >= 0.6 is 0 Å². The predicted molar refractivity (Wildman–Crippen MR) is 61.9 cm³/mol. The summed E-state index contributed by atoms with van der Waals surface area (Å²) in [6.45, 7) is 4.03. The second-order valence-corrected chi connectivity index (χ2v) is 4.73. The first-order chi connectivity index (χ1) is 7.64. The van der Waals surface area contributed by atoms with E-state index in [0.29, 0.717) is 17.9 Å². The van der Waals surface area contributed by atoms with Gasteiger partial charge < -0.3 is 5.32 Å². The number of aryl methyl sites for hydroxylation is 1. The summed E-state index contributed by atoms with van der Waals surface area (Å²) in [4.78, 5) is 7.93. The van der Waals surface area contributed by atoms with Crippen molar-refractivity contribution in [1.29, 1.82) is 0 Å². The van der Waals surface area contributed by atoms with E-state index < -0.39 is 0 Å². The van der Waals surface area contributed by atoms with Crippen LogP contribution in [-0.4, -0.2) is 15.5 Å². The molecule has 0 saturated heterocycles. The molecule has 88 valence electrons. The zero-order valence-electron chi connectivity index (χ0n) is 9.89. The van der Waals surface area contributed by atoms with E-state index in [4.69, 9.17) is 0 Å². The monoisotopic (exact) mass is 223 g/mol. The highest BCUT2D eigenvalue weighted by Crippen LogP contribution is 2.32. The quantitative estimate of drug-likeness (QED) is 0.856. The molecule has 1 saturated carbocycles. The average Bonchev–Trinajstić information content (AvgIpc) is 2.68. The van der Waals surface area contributed by atoms with E-state index in [0.717, 1.165) is 12.8 Å². The lowest BCUT2D eigenvalue weighted by Crippen LogP contribution is -2.32. The third kappa shape index (κ3) is 2.15. The average molecular weight is 223 g/mol. The van der Waals surface area contributed by atoms with E-state index in [1.54, 1.807) is 0 Å². The minimum absolute atomic E-state index is 0.000203. The SMILES string of the molecule is CCc1ncnc(NC2(C)CCCC2)c1F. The van der Waals surface area contributed by atoms with Crippen molar-refractivity contribution in [2.45, 2.75) is 51.5 Å². The molecule has 1 fully saturated rings. The van der Waals surface area contributed by atoms with E-state index in [1.807, 2.05) is 6.92 Å². The first-order valence-electron chi connectivity index (χ1n) is 5.92. The van der Waals surface area contributed by atoms with Crippen LogP contribution in [0, 0.1) is 5.82 Å². The van der Waals surface area contributed by atoms with Crippen LogP contribution in [-0.2, 0) is 6.42 Å². The molecule has 1 aliphatic carbocycles. The second kappa shape index (κ2) is 4.36. The van der Waals surface area contributed by atoms with Crippen LogP contribution < -0.4 is 5.32 Å². The summed E-state index contributed by atoms with van der Waals surface area (Å²) >= 11 is 0. The Morgan fingerprint density at radius 2 is 2.06 bits per heavy atom. The lowest BCUT2D eigenvalue weighted by molar-refractivity contribution is 0.517. The first-order valence-corrected chi connectivity index (χ1v) is 5.92. The fraction of sp³-hybridized carbons (Fsp3) is 0.667. The van der Waals surface area contributed by atoms with Crippen LogP contribution in [0.5, 0.6) is 0 Å². The van der Waals surface area contributed by atoms with E-state index in [-0.39, 0.29) is 11.4 Å². The minimum atomic E-state index is -0.293. The summed E-state index contributed by atoms with van der Waals surface area (Å²) in [7, 11) is 0. The lowest BCUT2D eigenvalue weighted by atomic mass is 10.0. The van der Waals surface area contributed by atoms with Gasteiger partial charge in [0.25, 0.3) is 0 Å². The van der Waals surface area contributed by atoms with Crippen LogP contribution in [0.15, 0.2) is 6.33 Å². The summed E-state index contributed by atoms with van der Waals surface area (Å²) in [5, 5.41) is 3.23. The van der Waals surface area contributed by atoms with Gasteiger partial charge >= 0.3 is 0 Å². The summed E-state index contributed by atoms with van der Waals surface area (Å²) in [6.07, 6.45) is 6.60. The minimum Gasteiger partial charge on any atom is -0.362 e. The van der Waals surface area contributed by atoms with Gasteiger partial charge in [-0.25, -0.2) is 14.4 Å². The largest absolute Gasteiger partial charge is 0.362 e. The van der Waals surface area contributed by atoms with Gasteiger partial charge in [0.1, 0.15) is 6.33 Å². The van der Waals surface area contributed by atoms with Crippen molar-refractivity contribution in [3.63, 3.8) is 0 Å². The van der Waals surface area contributed by atoms with Gasteiger partial charge in [-0.1, -0.05) is 19.8 Å². The molecule has 0 atom stereocenters. The van der Waals surface area contributed by atoms with Crippen LogP contribution in [0.25, 0.3) is 0 Å². The van der Waals surface area contributed by atoms with Crippen LogP contribution in [0.3, 0.4) is 0 Å². The highest BCUT2D eigenvalue weighted by molar-refractivity contribution is 5.40.